The lowest BCUT2D eigenvalue weighted by atomic mass is 9.71. The van der Waals surface area contributed by atoms with Crippen LogP contribution < -0.4 is 16.0 Å². The van der Waals surface area contributed by atoms with Crippen LogP contribution >= 0.6 is 11.6 Å². The van der Waals surface area contributed by atoms with Crippen molar-refractivity contribution < 1.29 is 23.2 Å². The molecule has 194 valence electrons. The van der Waals surface area contributed by atoms with Gasteiger partial charge in [-0.05, 0) is 57.2 Å². The lowest BCUT2D eigenvalue weighted by molar-refractivity contribution is -0.194. The van der Waals surface area contributed by atoms with Crippen LogP contribution in [0.25, 0.3) is 0 Å². The van der Waals surface area contributed by atoms with Crippen LogP contribution in [0.2, 0.25) is 5.02 Å². The number of nitrogens with zero attached hydrogens (tertiary/aromatic N) is 2. The minimum atomic E-state index is -3.10. The molecule has 3 saturated heterocycles. The fourth-order valence-electron chi connectivity index (χ4n) is 5.68. The average molecular weight is 522 g/mol. The maximum absolute atomic E-state index is 14.9. The molecule has 36 heavy (non-hydrogen) atoms. The van der Waals surface area contributed by atoms with E-state index in [2.05, 4.69) is 16.0 Å². The first-order valence-corrected chi connectivity index (χ1v) is 12.7. The first-order valence-electron chi connectivity index (χ1n) is 12.3. The molecule has 3 heterocycles. The molecule has 8 nitrogen and oxygen atoms in total. The SMILES string of the molecule is C[C@H](Nc1cccc(Cl)c1)C(=O)N1[C@@H]2CC[C@H]([C@@H]1C(=O)N[C@H](C#N)C[C@H]1CCCNC1=O)C(F)(F)C2. The Bertz CT molecular complexity index is 1060. The number of carbonyl (C=O) groups is 3. The molecule has 1 aromatic carbocycles. The summed E-state index contributed by atoms with van der Waals surface area (Å²) >= 11 is 6.02. The number of benzene rings is 1. The zero-order chi connectivity index (χ0) is 26.0. The summed E-state index contributed by atoms with van der Waals surface area (Å²) in [5.74, 6) is -6.32. The van der Waals surface area contributed by atoms with Gasteiger partial charge in [-0.3, -0.25) is 14.4 Å². The number of anilines is 1. The van der Waals surface area contributed by atoms with Crippen molar-refractivity contribution in [1.29, 1.82) is 5.26 Å². The van der Waals surface area contributed by atoms with Gasteiger partial charge in [-0.2, -0.15) is 5.26 Å². The van der Waals surface area contributed by atoms with Crippen LogP contribution in [0, 0.1) is 23.2 Å². The second-order valence-electron chi connectivity index (χ2n) is 9.93. The zero-order valence-corrected chi connectivity index (χ0v) is 20.7. The van der Waals surface area contributed by atoms with Crippen molar-refractivity contribution in [2.24, 2.45) is 11.8 Å². The summed E-state index contributed by atoms with van der Waals surface area (Å²) in [5, 5.41) is 18.4. The van der Waals surface area contributed by atoms with Crippen LogP contribution in [0.1, 0.15) is 45.4 Å². The van der Waals surface area contributed by atoms with Gasteiger partial charge < -0.3 is 20.9 Å². The van der Waals surface area contributed by atoms with Gasteiger partial charge in [0.2, 0.25) is 17.7 Å². The number of nitriles is 1. The molecule has 3 aliphatic heterocycles. The Labute approximate surface area is 213 Å². The maximum Gasteiger partial charge on any atom is 0.255 e. The summed E-state index contributed by atoms with van der Waals surface area (Å²) in [6.45, 7) is 2.18. The second kappa shape index (κ2) is 10.6. The fourth-order valence-corrected chi connectivity index (χ4v) is 5.87. The topological polar surface area (TPSA) is 114 Å². The zero-order valence-electron chi connectivity index (χ0n) is 20.0. The Kier molecular flexibility index (Phi) is 7.69. The molecule has 6 atom stereocenters. The number of hydrogen-bond donors (Lipinski definition) is 3. The van der Waals surface area contributed by atoms with E-state index in [1.807, 2.05) is 6.07 Å². The molecule has 4 aliphatic rings. The van der Waals surface area contributed by atoms with Crippen LogP contribution in [0.5, 0.6) is 0 Å². The third-order valence-electron chi connectivity index (χ3n) is 7.43. The van der Waals surface area contributed by atoms with Crippen molar-refractivity contribution in [3.8, 4) is 6.07 Å². The van der Waals surface area contributed by atoms with Crippen LogP contribution in [0.15, 0.2) is 24.3 Å². The van der Waals surface area contributed by atoms with E-state index in [-0.39, 0.29) is 18.7 Å². The smallest absolute Gasteiger partial charge is 0.255 e. The van der Waals surface area contributed by atoms with Gasteiger partial charge in [-0.1, -0.05) is 17.7 Å². The summed E-state index contributed by atoms with van der Waals surface area (Å²) < 4.78 is 29.8. The number of alkyl halides is 2. The summed E-state index contributed by atoms with van der Waals surface area (Å²) in [7, 11) is 0. The number of piperidine rings is 3. The molecular weight excluding hydrogens is 492 g/mol. The number of halogens is 3. The van der Waals surface area contributed by atoms with Gasteiger partial charge in [0.25, 0.3) is 5.92 Å². The molecule has 1 aliphatic carbocycles. The highest BCUT2D eigenvalue weighted by Gasteiger charge is 2.60. The van der Waals surface area contributed by atoms with E-state index in [4.69, 9.17) is 11.6 Å². The number of nitrogens with one attached hydrogen (secondary N) is 3. The third-order valence-corrected chi connectivity index (χ3v) is 7.66. The third kappa shape index (κ3) is 5.41. The van der Waals surface area contributed by atoms with E-state index >= 15 is 0 Å². The van der Waals surface area contributed by atoms with Crippen LogP contribution in [0.4, 0.5) is 14.5 Å². The molecule has 2 bridgehead atoms. The summed E-state index contributed by atoms with van der Waals surface area (Å²) in [5.41, 5.74) is 0.590. The lowest BCUT2D eigenvalue weighted by Gasteiger charge is -2.54. The predicted octanol–water partition coefficient (Wildman–Crippen LogP) is 3.08. The molecule has 0 spiro atoms. The molecule has 0 aromatic heterocycles. The van der Waals surface area contributed by atoms with Crippen molar-refractivity contribution in [2.45, 2.75) is 75.5 Å². The van der Waals surface area contributed by atoms with Crippen LogP contribution in [-0.4, -0.2) is 59.3 Å². The highest BCUT2D eigenvalue weighted by molar-refractivity contribution is 6.30. The monoisotopic (exact) mass is 521 g/mol. The van der Waals surface area contributed by atoms with Crippen LogP contribution in [0.3, 0.4) is 0 Å². The fraction of sp³-hybridized carbons (Fsp3) is 0.600. The molecule has 5 rings (SSSR count). The lowest BCUT2D eigenvalue weighted by Crippen LogP contribution is -2.70. The number of rotatable bonds is 7. The number of hydrogen-bond acceptors (Lipinski definition) is 5. The Morgan fingerprint density at radius 3 is 2.78 bits per heavy atom. The molecule has 3 amide bonds. The first-order chi connectivity index (χ1) is 17.1. The van der Waals surface area contributed by atoms with Gasteiger partial charge in [0.15, 0.2) is 0 Å². The maximum atomic E-state index is 14.9. The highest BCUT2D eigenvalue weighted by Crippen LogP contribution is 2.49. The molecule has 11 heteroatoms. The minimum Gasteiger partial charge on any atom is -0.374 e. The molecular formula is C25H30ClF2N5O3. The van der Waals surface area contributed by atoms with E-state index in [9.17, 15) is 28.4 Å². The minimum absolute atomic E-state index is 0.0892. The van der Waals surface area contributed by atoms with Gasteiger partial charge in [-0.25, -0.2) is 8.78 Å². The second-order valence-corrected chi connectivity index (χ2v) is 10.4. The van der Waals surface area contributed by atoms with Gasteiger partial charge in [0, 0.05) is 35.6 Å². The quantitative estimate of drug-likeness (QED) is 0.510. The number of amides is 3. The molecule has 0 radical (unpaired) electrons. The Morgan fingerprint density at radius 1 is 1.33 bits per heavy atom. The van der Waals surface area contributed by atoms with Crippen molar-refractivity contribution in [1.82, 2.24) is 15.5 Å². The van der Waals surface area contributed by atoms with E-state index in [1.54, 1.807) is 31.2 Å². The summed E-state index contributed by atoms with van der Waals surface area (Å²) in [4.78, 5) is 40.3. The predicted molar refractivity (Wildman–Crippen MR) is 129 cm³/mol. The van der Waals surface area contributed by atoms with Gasteiger partial charge >= 0.3 is 0 Å². The Hall–Kier alpha value is -2.93. The van der Waals surface area contributed by atoms with E-state index in [0.717, 1.165) is 6.42 Å². The molecule has 0 unspecified atom stereocenters. The molecule has 3 N–H and O–H groups in total. The van der Waals surface area contributed by atoms with E-state index < -0.39 is 60.2 Å². The first kappa shape index (κ1) is 26.1. The molecule has 1 aromatic rings. The van der Waals surface area contributed by atoms with E-state index in [1.165, 1.54) is 4.90 Å². The molecule has 1 saturated carbocycles. The highest BCUT2D eigenvalue weighted by atomic mass is 35.5. The standard InChI is InChI=1S/C25H30ClF2N5O3/c1-14(31-17-6-2-5-16(26)11-17)24(36)33-19-7-8-20(25(27,28)12-19)21(33)23(35)32-18(13-29)10-15-4-3-9-30-22(15)34/h2,5-6,11,14-15,18-21,31H,3-4,7-10,12H2,1H3,(H,30,34)(H,32,35)/t14-,15+,18-,19+,20+,21+/m0/s1. The normalized spacial score (nSPS) is 28.4. The van der Waals surface area contributed by atoms with Gasteiger partial charge in [-0.15, -0.1) is 0 Å². The van der Waals surface area contributed by atoms with Crippen molar-refractivity contribution >= 4 is 35.0 Å². The van der Waals surface area contributed by atoms with Gasteiger partial charge in [0.05, 0.1) is 12.0 Å². The molecule has 4 fully saturated rings. The summed E-state index contributed by atoms with van der Waals surface area (Å²) in [6, 6.07) is 4.74. The number of fused-ring (bicyclic) bond motifs is 3. The van der Waals surface area contributed by atoms with Crippen LogP contribution in [-0.2, 0) is 14.4 Å². The largest absolute Gasteiger partial charge is 0.374 e. The van der Waals surface area contributed by atoms with Gasteiger partial charge in [0.1, 0.15) is 18.1 Å². The van der Waals surface area contributed by atoms with Crippen molar-refractivity contribution in [3.63, 3.8) is 0 Å². The van der Waals surface area contributed by atoms with Crippen molar-refractivity contribution in [2.75, 3.05) is 11.9 Å². The Morgan fingerprint density at radius 2 is 2.11 bits per heavy atom. The van der Waals surface area contributed by atoms with E-state index in [0.29, 0.717) is 30.1 Å². The Balaban J connectivity index is 1.52. The number of carbonyl (C=O) groups excluding carboxylic acids is 3. The average Bonchev–Trinajstić information content (AvgIpc) is 2.83. The summed E-state index contributed by atoms with van der Waals surface area (Å²) in [6.07, 6.45) is 1.43. The van der Waals surface area contributed by atoms with Crippen molar-refractivity contribution in [3.05, 3.63) is 29.3 Å².